The van der Waals surface area contributed by atoms with Gasteiger partial charge in [0.05, 0.1) is 21.8 Å². The Balaban J connectivity index is 1.41. The summed E-state index contributed by atoms with van der Waals surface area (Å²) in [5.41, 5.74) is 1.56. The van der Waals surface area contributed by atoms with Crippen LogP contribution >= 0.6 is 22.9 Å². The summed E-state index contributed by atoms with van der Waals surface area (Å²) in [6.07, 6.45) is 1.59. The molecule has 1 aliphatic heterocycles. The van der Waals surface area contributed by atoms with Gasteiger partial charge in [0.15, 0.2) is 10.3 Å². The summed E-state index contributed by atoms with van der Waals surface area (Å²) in [6, 6.07) is 11.5. The van der Waals surface area contributed by atoms with E-state index in [1.807, 2.05) is 18.2 Å². The Morgan fingerprint density at radius 3 is 2.87 bits per heavy atom. The van der Waals surface area contributed by atoms with E-state index >= 15 is 0 Å². The maximum absolute atomic E-state index is 12.3. The molecule has 0 atom stereocenters. The third-order valence-electron chi connectivity index (χ3n) is 3.82. The Labute approximate surface area is 141 Å². The minimum Gasteiger partial charge on any atom is -0.346 e. The first kappa shape index (κ1) is 14.4. The van der Waals surface area contributed by atoms with Crippen LogP contribution in [0.25, 0.3) is 10.2 Å². The molecule has 116 valence electrons. The third-order valence-corrected chi connectivity index (χ3v) is 5.22. The van der Waals surface area contributed by atoms with E-state index in [0.717, 1.165) is 15.3 Å². The summed E-state index contributed by atoms with van der Waals surface area (Å²) in [5, 5.41) is 4.11. The lowest BCUT2D eigenvalue weighted by molar-refractivity contribution is -0.120. The Morgan fingerprint density at radius 2 is 2.09 bits per heavy atom. The van der Waals surface area contributed by atoms with Crippen molar-refractivity contribution in [1.82, 2.24) is 9.97 Å². The molecule has 1 N–H and O–H groups in total. The highest BCUT2D eigenvalue weighted by Gasteiger charge is 2.34. The lowest BCUT2D eigenvalue weighted by atomic mass is 10.00. The normalized spacial score (nSPS) is 14.7. The number of carbonyl (C=O) groups is 1. The van der Waals surface area contributed by atoms with E-state index in [1.54, 1.807) is 29.7 Å². The maximum Gasteiger partial charge on any atom is 0.231 e. The van der Waals surface area contributed by atoms with Crippen LogP contribution in [0.1, 0.15) is 0 Å². The number of thiazole rings is 1. The number of rotatable bonds is 3. The van der Waals surface area contributed by atoms with Crippen molar-refractivity contribution in [3.8, 4) is 0 Å². The van der Waals surface area contributed by atoms with Crippen LogP contribution < -0.4 is 10.2 Å². The number of hydrogen-bond donors (Lipinski definition) is 1. The van der Waals surface area contributed by atoms with Crippen LogP contribution in [0.5, 0.6) is 0 Å². The predicted molar refractivity (Wildman–Crippen MR) is 93.2 cm³/mol. The highest BCUT2D eigenvalue weighted by molar-refractivity contribution is 7.22. The van der Waals surface area contributed by atoms with Crippen molar-refractivity contribution in [1.29, 1.82) is 0 Å². The number of para-hydroxylation sites is 1. The van der Waals surface area contributed by atoms with E-state index in [1.165, 1.54) is 0 Å². The van der Waals surface area contributed by atoms with Gasteiger partial charge >= 0.3 is 0 Å². The lowest BCUT2D eigenvalue weighted by Crippen LogP contribution is -2.52. The Hall–Kier alpha value is -2.18. The van der Waals surface area contributed by atoms with E-state index in [-0.39, 0.29) is 11.8 Å². The molecule has 7 heteroatoms. The van der Waals surface area contributed by atoms with Gasteiger partial charge in [-0.3, -0.25) is 4.79 Å². The van der Waals surface area contributed by atoms with Crippen LogP contribution in [0.3, 0.4) is 0 Å². The molecular weight excluding hydrogens is 332 g/mol. The molecule has 1 aromatic carbocycles. The van der Waals surface area contributed by atoms with Crippen LogP contribution in [0.4, 0.5) is 10.8 Å². The van der Waals surface area contributed by atoms with Gasteiger partial charge in [0, 0.05) is 19.3 Å². The number of nitrogens with zero attached hydrogens (tertiary/aromatic N) is 3. The molecule has 0 aliphatic carbocycles. The first-order valence-electron chi connectivity index (χ1n) is 7.22. The van der Waals surface area contributed by atoms with E-state index in [9.17, 15) is 4.79 Å². The fourth-order valence-electron chi connectivity index (χ4n) is 2.51. The van der Waals surface area contributed by atoms with Crippen molar-refractivity contribution in [2.45, 2.75) is 0 Å². The van der Waals surface area contributed by atoms with Gasteiger partial charge in [0.1, 0.15) is 0 Å². The minimum atomic E-state index is -0.0571. The zero-order valence-electron chi connectivity index (χ0n) is 12.1. The standard InChI is InChI=1S/C16H13ClN4OS/c17-14-12(5-3-7-18-14)19-15(22)10-8-21(9-10)16-20-11-4-1-2-6-13(11)23-16/h1-7,10H,8-9H2,(H,19,22). The quantitative estimate of drug-likeness (QED) is 0.740. The third kappa shape index (κ3) is 2.75. The molecule has 0 spiro atoms. The Bertz CT molecular complexity index is 842. The number of nitrogens with one attached hydrogen (secondary N) is 1. The van der Waals surface area contributed by atoms with E-state index in [0.29, 0.717) is 23.9 Å². The summed E-state index contributed by atoms with van der Waals surface area (Å²) in [7, 11) is 0. The molecule has 2 aromatic heterocycles. The second-order valence-electron chi connectivity index (χ2n) is 5.40. The summed E-state index contributed by atoms with van der Waals surface area (Å²) in [6.45, 7) is 1.34. The van der Waals surface area contributed by atoms with Crippen molar-refractivity contribution < 1.29 is 4.79 Å². The van der Waals surface area contributed by atoms with Gasteiger partial charge in [0.2, 0.25) is 5.91 Å². The largest absolute Gasteiger partial charge is 0.346 e. The minimum absolute atomic E-state index is 0.0303. The molecule has 1 saturated heterocycles. The van der Waals surface area contributed by atoms with Gasteiger partial charge in [-0.2, -0.15) is 0 Å². The number of fused-ring (bicyclic) bond motifs is 1. The Morgan fingerprint density at radius 1 is 1.26 bits per heavy atom. The van der Waals surface area contributed by atoms with Crippen LogP contribution in [-0.4, -0.2) is 29.0 Å². The smallest absolute Gasteiger partial charge is 0.231 e. The number of halogens is 1. The van der Waals surface area contributed by atoms with Gasteiger partial charge in [-0.1, -0.05) is 35.1 Å². The maximum atomic E-state index is 12.3. The van der Waals surface area contributed by atoms with Crippen molar-refractivity contribution >= 4 is 49.9 Å². The SMILES string of the molecule is O=C(Nc1cccnc1Cl)C1CN(c2nc3ccccc3s2)C1. The van der Waals surface area contributed by atoms with Gasteiger partial charge < -0.3 is 10.2 Å². The average molecular weight is 345 g/mol. The van der Waals surface area contributed by atoms with Crippen LogP contribution in [0, 0.1) is 5.92 Å². The zero-order valence-corrected chi connectivity index (χ0v) is 13.6. The van der Waals surface area contributed by atoms with Crippen molar-refractivity contribution in [3.63, 3.8) is 0 Å². The summed E-state index contributed by atoms with van der Waals surface area (Å²) in [5.74, 6) is -0.0875. The molecule has 23 heavy (non-hydrogen) atoms. The molecule has 0 saturated carbocycles. The van der Waals surface area contributed by atoms with E-state index in [4.69, 9.17) is 11.6 Å². The molecule has 0 unspecified atom stereocenters. The number of anilines is 2. The number of carbonyl (C=O) groups excluding carboxylic acids is 1. The zero-order chi connectivity index (χ0) is 15.8. The molecule has 5 nitrogen and oxygen atoms in total. The first-order chi connectivity index (χ1) is 11.2. The summed E-state index contributed by atoms with van der Waals surface area (Å²) in [4.78, 5) is 22.9. The molecule has 1 fully saturated rings. The molecule has 4 rings (SSSR count). The molecule has 3 heterocycles. The molecule has 1 aliphatic rings. The predicted octanol–water partition coefficient (Wildman–Crippen LogP) is 3.42. The van der Waals surface area contributed by atoms with Crippen molar-refractivity contribution in [2.24, 2.45) is 5.92 Å². The summed E-state index contributed by atoms with van der Waals surface area (Å²) >= 11 is 7.61. The van der Waals surface area contributed by atoms with Crippen molar-refractivity contribution in [3.05, 3.63) is 47.7 Å². The molecule has 1 amide bonds. The lowest BCUT2D eigenvalue weighted by Gasteiger charge is -2.37. The van der Waals surface area contributed by atoms with Crippen LogP contribution in [0.2, 0.25) is 5.15 Å². The van der Waals surface area contributed by atoms with Gasteiger partial charge in [-0.15, -0.1) is 0 Å². The van der Waals surface area contributed by atoms with Crippen LogP contribution in [0.15, 0.2) is 42.6 Å². The molecule has 3 aromatic rings. The Kier molecular flexibility index (Phi) is 3.63. The van der Waals surface area contributed by atoms with Gasteiger partial charge in [0.25, 0.3) is 0 Å². The first-order valence-corrected chi connectivity index (χ1v) is 8.42. The second kappa shape index (κ2) is 5.79. The van der Waals surface area contributed by atoms with E-state index < -0.39 is 0 Å². The number of benzene rings is 1. The second-order valence-corrected chi connectivity index (χ2v) is 6.76. The van der Waals surface area contributed by atoms with Crippen LogP contribution in [-0.2, 0) is 4.79 Å². The average Bonchev–Trinajstić information content (AvgIpc) is 2.91. The number of amides is 1. The number of aromatic nitrogens is 2. The topological polar surface area (TPSA) is 58.1 Å². The van der Waals surface area contributed by atoms with Crippen molar-refractivity contribution in [2.75, 3.05) is 23.3 Å². The highest BCUT2D eigenvalue weighted by Crippen LogP contribution is 2.33. The fraction of sp³-hybridized carbons (Fsp3) is 0.188. The number of hydrogen-bond acceptors (Lipinski definition) is 5. The highest BCUT2D eigenvalue weighted by atomic mass is 35.5. The number of pyridine rings is 1. The van der Waals surface area contributed by atoms with Gasteiger partial charge in [-0.05, 0) is 24.3 Å². The van der Waals surface area contributed by atoms with Gasteiger partial charge in [-0.25, -0.2) is 9.97 Å². The molecule has 0 bridgehead atoms. The van der Waals surface area contributed by atoms with E-state index in [2.05, 4.69) is 26.3 Å². The summed E-state index contributed by atoms with van der Waals surface area (Å²) < 4.78 is 1.16. The fourth-order valence-corrected chi connectivity index (χ4v) is 3.66. The monoisotopic (exact) mass is 344 g/mol. The molecular formula is C16H13ClN4OS. The molecule has 0 radical (unpaired) electrons.